The number of ketones is 1. The lowest BCUT2D eigenvalue weighted by atomic mass is 9.97. The van der Waals surface area contributed by atoms with Crippen LogP contribution in [0.4, 0.5) is 0 Å². The molecule has 1 saturated heterocycles. The van der Waals surface area contributed by atoms with Gasteiger partial charge < -0.3 is 4.74 Å². The Hall–Kier alpha value is -1.24. The molecule has 1 heterocycles. The minimum Gasteiger partial charge on any atom is -0.376 e. The van der Waals surface area contributed by atoms with Crippen molar-refractivity contribution in [3.8, 4) is 0 Å². The zero-order chi connectivity index (χ0) is 15.0. The average molecular weight is 297 g/mol. The van der Waals surface area contributed by atoms with Crippen molar-refractivity contribution in [3.63, 3.8) is 0 Å². The maximum Gasteiger partial charge on any atom is 0.241 e. The largest absolute Gasteiger partial charge is 0.376 e. The molecule has 0 bridgehead atoms. The maximum absolute atomic E-state index is 12.4. The van der Waals surface area contributed by atoms with Crippen LogP contribution in [0.25, 0.3) is 0 Å². The van der Waals surface area contributed by atoms with Crippen molar-refractivity contribution in [1.29, 1.82) is 0 Å². The van der Waals surface area contributed by atoms with Crippen molar-refractivity contribution >= 4 is 15.8 Å². The molecule has 2 unspecified atom stereocenters. The Bertz CT molecular complexity index is 609. The number of ether oxygens (including phenoxy) is 1. The molecular weight excluding hydrogens is 278 g/mol. The summed E-state index contributed by atoms with van der Waals surface area (Å²) in [5.74, 6) is -0.0910. The van der Waals surface area contributed by atoms with Crippen molar-refractivity contribution in [2.45, 2.75) is 43.7 Å². The van der Waals surface area contributed by atoms with Crippen LogP contribution in [-0.4, -0.2) is 32.5 Å². The minimum atomic E-state index is -3.62. The van der Waals surface area contributed by atoms with E-state index in [0.717, 1.165) is 0 Å². The molecule has 1 aliphatic rings. The third-order valence-electron chi connectivity index (χ3n) is 3.83. The van der Waals surface area contributed by atoms with Gasteiger partial charge in [-0.2, -0.15) is 0 Å². The number of Topliss-reactive ketones (excluding diaryl/α,β-unsaturated/α-hetero) is 1. The van der Waals surface area contributed by atoms with Gasteiger partial charge in [0.25, 0.3) is 0 Å². The van der Waals surface area contributed by atoms with E-state index in [-0.39, 0.29) is 16.8 Å². The zero-order valence-electron chi connectivity index (χ0n) is 11.8. The van der Waals surface area contributed by atoms with Crippen LogP contribution in [0.1, 0.15) is 37.6 Å². The highest BCUT2D eigenvalue weighted by Crippen LogP contribution is 2.27. The number of hydrogen-bond donors (Lipinski definition) is 1. The summed E-state index contributed by atoms with van der Waals surface area (Å²) in [6, 6.07) is 5.94. The average Bonchev–Trinajstić information content (AvgIpc) is 2.68. The van der Waals surface area contributed by atoms with Gasteiger partial charge >= 0.3 is 0 Å². The summed E-state index contributed by atoms with van der Waals surface area (Å²) in [5.41, 5.74) is -0.106. The summed E-state index contributed by atoms with van der Waals surface area (Å²) in [6.07, 6.45) is 0.465. The number of carbonyl (C=O) groups excluding carboxylic acids is 1. The molecule has 1 aromatic carbocycles. The molecule has 110 valence electrons. The monoisotopic (exact) mass is 297 g/mol. The molecule has 1 aromatic rings. The minimum absolute atomic E-state index is 0.0910. The highest BCUT2D eigenvalue weighted by Gasteiger charge is 2.40. The van der Waals surface area contributed by atoms with Crippen LogP contribution >= 0.6 is 0 Å². The summed E-state index contributed by atoms with van der Waals surface area (Å²) < 4.78 is 32.9. The molecule has 6 heteroatoms. The van der Waals surface area contributed by atoms with E-state index in [9.17, 15) is 13.2 Å². The lowest BCUT2D eigenvalue weighted by molar-refractivity contribution is 0.0957. The predicted molar refractivity (Wildman–Crippen MR) is 75.2 cm³/mol. The van der Waals surface area contributed by atoms with E-state index in [0.29, 0.717) is 18.6 Å². The van der Waals surface area contributed by atoms with Gasteiger partial charge in [0.15, 0.2) is 5.78 Å². The van der Waals surface area contributed by atoms with E-state index in [4.69, 9.17) is 4.74 Å². The summed E-state index contributed by atoms with van der Waals surface area (Å²) >= 11 is 0. The molecule has 0 spiro atoms. The lowest BCUT2D eigenvalue weighted by Gasteiger charge is -2.28. The van der Waals surface area contributed by atoms with Gasteiger partial charge in [0.1, 0.15) is 0 Å². The SMILES string of the molecule is CC(=O)c1ccc(S(=O)(=O)NC2(C)CCOC2C)cc1. The molecule has 5 nitrogen and oxygen atoms in total. The van der Waals surface area contributed by atoms with Crippen LogP contribution in [0.15, 0.2) is 29.2 Å². The Morgan fingerprint density at radius 1 is 1.35 bits per heavy atom. The molecule has 1 aliphatic heterocycles. The first kappa shape index (κ1) is 15.2. The highest BCUT2D eigenvalue weighted by atomic mass is 32.2. The fourth-order valence-corrected chi connectivity index (χ4v) is 3.70. The van der Waals surface area contributed by atoms with Crippen molar-refractivity contribution in [2.24, 2.45) is 0 Å². The second-order valence-corrected chi connectivity index (χ2v) is 7.05. The first-order valence-corrected chi connectivity index (χ1v) is 7.99. The Morgan fingerprint density at radius 3 is 2.40 bits per heavy atom. The first-order valence-electron chi connectivity index (χ1n) is 6.51. The number of carbonyl (C=O) groups is 1. The number of hydrogen-bond acceptors (Lipinski definition) is 4. The van der Waals surface area contributed by atoms with Gasteiger partial charge in [-0.15, -0.1) is 0 Å². The number of sulfonamides is 1. The van der Waals surface area contributed by atoms with Gasteiger partial charge in [-0.05, 0) is 39.3 Å². The Labute approximate surface area is 119 Å². The third kappa shape index (κ3) is 2.92. The second kappa shape index (κ2) is 5.27. The number of benzene rings is 1. The molecule has 1 fully saturated rings. The van der Waals surface area contributed by atoms with E-state index in [2.05, 4.69) is 4.72 Å². The van der Waals surface area contributed by atoms with Crippen molar-refractivity contribution in [1.82, 2.24) is 4.72 Å². The summed E-state index contributed by atoms with van der Waals surface area (Å²) in [6.45, 7) is 5.68. The van der Waals surface area contributed by atoms with Gasteiger partial charge in [-0.1, -0.05) is 12.1 Å². The van der Waals surface area contributed by atoms with E-state index in [1.807, 2.05) is 13.8 Å². The zero-order valence-corrected chi connectivity index (χ0v) is 12.7. The normalized spacial score (nSPS) is 26.6. The van der Waals surface area contributed by atoms with Crippen LogP contribution in [0.2, 0.25) is 0 Å². The van der Waals surface area contributed by atoms with Crippen molar-refractivity contribution < 1.29 is 17.9 Å². The van der Waals surface area contributed by atoms with Crippen LogP contribution in [0.5, 0.6) is 0 Å². The van der Waals surface area contributed by atoms with Crippen LogP contribution < -0.4 is 4.72 Å². The maximum atomic E-state index is 12.4. The van der Waals surface area contributed by atoms with Crippen LogP contribution in [0, 0.1) is 0 Å². The van der Waals surface area contributed by atoms with Crippen LogP contribution in [-0.2, 0) is 14.8 Å². The van der Waals surface area contributed by atoms with Crippen molar-refractivity contribution in [2.75, 3.05) is 6.61 Å². The molecule has 0 radical (unpaired) electrons. The van der Waals surface area contributed by atoms with Gasteiger partial charge in [0.2, 0.25) is 10.0 Å². The van der Waals surface area contributed by atoms with E-state index >= 15 is 0 Å². The molecule has 20 heavy (non-hydrogen) atoms. The topological polar surface area (TPSA) is 72.5 Å². The fraction of sp³-hybridized carbons (Fsp3) is 0.500. The molecule has 0 aromatic heterocycles. The number of rotatable bonds is 4. The standard InChI is InChI=1S/C14H19NO4S/c1-10(16)12-4-6-13(7-5-12)20(17,18)15-14(3)8-9-19-11(14)2/h4-7,11,15H,8-9H2,1-3H3. The first-order chi connectivity index (χ1) is 9.24. The molecule has 1 N–H and O–H groups in total. The molecule has 0 aliphatic carbocycles. The van der Waals surface area contributed by atoms with Crippen LogP contribution in [0.3, 0.4) is 0 Å². The van der Waals surface area contributed by atoms with Gasteiger partial charge in [0, 0.05) is 12.2 Å². The third-order valence-corrected chi connectivity index (χ3v) is 5.45. The molecule has 0 amide bonds. The Morgan fingerprint density at radius 2 is 1.95 bits per heavy atom. The smallest absolute Gasteiger partial charge is 0.241 e. The summed E-state index contributed by atoms with van der Waals surface area (Å²) in [5, 5.41) is 0. The summed E-state index contributed by atoms with van der Waals surface area (Å²) in [4.78, 5) is 11.4. The van der Waals surface area contributed by atoms with E-state index in [1.165, 1.54) is 31.2 Å². The summed E-state index contributed by atoms with van der Waals surface area (Å²) in [7, 11) is -3.62. The number of nitrogens with one attached hydrogen (secondary N) is 1. The fourth-order valence-electron chi connectivity index (χ4n) is 2.20. The van der Waals surface area contributed by atoms with Crippen molar-refractivity contribution in [3.05, 3.63) is 29.8 Å². The quantitative estimate of drug-likeness (QED) is 0.859. The molecule has 2 rings (SSSR count). The van der Waals surface area contributed by atoms with Gasteiger partial charge in [-0.3, -0.25) is 4.79 Å². The lowest BCUT2D eigenvalue weighted by Crippen LogP contribution is -2.50. The molecular formula is C14H19NO4S. The van der Waals surface area contributed by atoms with Gasteiger partial charge in [0.05, 0.1) is 16.5 Å². The second-order valence-electron chi connectivity index (χ2n) is 5.37. The highest BCUT2D eigenvalue weighted by molar-refractivity contribution is 7.89. The Kier molecular flexibility index (Phi) is 4.00. The Balaban J connectivity index is 2.24. The molecule has 0 saturated carbocycles. The van der Waals surface area contributed by atoms with E-state index in [1.54, 1.807) is 0 Å². The van der Waals surface area contributed by atoms with E-state index < -0.39 is 15.6 Å². The predicted octanol–water partition coefficient (Wildman–Crippen LogP) is 1.74. The molecule has 2 atom stereocenters. The van der Waals surface area contributed by atoms with Gasteiger partial charge in [-0.25, -0.2) is 13.1 Å².